The van der Waals surface area contributed by atoms with E-state index in [4.69, 9.17) is 0 Å². The van der Waals surface area contributed by atoms with Gasteiger partial charge in [0.1, 0.15) is 0 Å². The summed E-state index contributed by atoms with van der Waals surface area (Å²) in [6.07, 6.45) is 3.02. The molecule has 1 amide bonds. The molecule has 4 heteroatoms. The molecule has 0 bridgehead atoms. The predicted molar refractivity (Wildman–Crippen MR) is 50.7 cm³/mol. The van der Waals surface area contributed by atoms with Gasteiger partial charge >= 0.3 is 6.09 Å². The van der Waals surface area contributed by atoms with E-state index in [1.807, 2.05) is 7.05 Å². The van der Waals surface area contributed by atoms with Crippen LogP contribution in [0.2, 0.25) is 0 Å². The van der Waals surface area contributed by atoms with Crippen LogP contribution in [0.3, 0.4) is 0 Å². The molecule has 1 heterocycles. The van der Waals surface area contributed by atoms with Crippen molar-refractivity contribution in [3.05, 3.63) is 0 Å². The Balaban J connectivity index is 2.40. The molecule has 1 aliphatic rings. The van der Waals surface area contributed by atoms with Crippen molar-refractivity contribution in [3.63, 3.8) is 0 Å². The molecule has 0 aromatic rings. The van der Waals surface area contributed by atoms with Crippen molar-refractivity contribution in [3.8, 4) is 0 Å². The van der Waals surface area contributed by atoms with Gasteiger partial charge in [-0.1, -0.05) is 0 Å². The molecule has 4 nitrogen and oxygen atoms in total. The van der Waals surface area contributed by atoms with E-state index in [1.165, 1.54) is 7.11 Å². The SMILES string of the molecule is CNC1CCCN(C(=O)OC)CC1. The topological polar surface area (TPSA) is 41.6 Å². The average Bonchev–Trinajstić information content (AvgIpc) is 2.41. The van der Waals surface area contributed by atoms with Crippen LogP contribution in [0.5, 0.6) is 0 Å². The third-order valence-corrected chi connectivity index (χ3v) is 2.57. The van der Waals surface area contributed by atoms with Crippen LogP contribution >= 0.6 is 0 Å². The Kier molecular flexibility index (Phi) is 4.02. The first kappa shape index (κ1) is 10.3. The van der Waals surface area contributed by atoms with Crippen LogP contribution in [-0.4, -0.2) is 44.3 Å². The van der Waals surface area contributed by atoms with Crippen molar-refractivity contribution < 1.29 is 9.53 Å². The summed E-state index contributed by atoms with van der Waals surface area (Å²) in [5.41, 5.74) is 0. The first-order valence-corrected chi connectivity index (χ1v) is 4.78. The Bertz CT molecular complexity index is 173. The van der Waals surface area contributed by atoms with Gasteiger partial charge in [0, 0.05) is 19.1 Å². The monoisotopic (exact) mass is 186 g/mol. The third-order valence-electron chi connectivity index (χ3n) is 2.57. The Morgan fingerprint density at radius 2 is 2.23 bits per heavy atom. The molecule has 0 radical (unpaired) electrons. The van der Waals surface area contributed by atoms with E-state index in [9.17, 15) is 4.79 Å². The number of carbonyl (C=O) groups excluding carboxylic acids is 1. The molecule has 76 valence electrons. The maximum absolute atomic E-state index is 11.2. The lowest BCUT2D eigenvalue weighted by Crippen LogP contribution is -2.33. The minimum absolute atomic E-state index is 0.197. The zero-order chi connectivity index (χ0) is 9.68. The smallest absolute Gasteiger partial charge is 0.409 e. The fourth-order valence-electron chi connectivity index (χ4n) is 1.70. The van der Waals surface area contributed by atoms with Gasteiger partial charge in [-0.3, -0.25) is 0 Å². The number of hydrogen-bond donors (Lipinski definition) is 1. The van der Waals surface area contributed by atoms with Crippen LogP contribution in [0, 0.1) is 0 Å². The molecule has 1 saturated heterocycles. The van der Waals surface area contributed by atoms with Crippen molar-refractivity contribution in [2.75, 3.05) is 27.2 Å². The van der Waals surface area contributed by atoms with E-state index >= 15 is 0 Å². The molecule has 1 unspecified atom stereocenters. The van der Waals surface area contributed by atoms with Gasteiger partial charge in [-0.25, -0.2) is 4.79 Å². The summed E-state index contributed by atoms with van der Waals surface area (Å²) >= 11 is 0. The molecule has 0 saturated carbocycles. The number of nitrogens with zero attached hydrogens (tertiary/aromatic N) is 1. The maximum atomic E-state index is 11.2. The Morgan fingerprint density at radius 3 is 2.85 bits per heavy atom. The van der Waals surface area contributed by atoms with Gasteiger partial charge in [-0.05, 0) is 26.3 Å². The zero-order valence-corrected chi connectivity index (χ0v) is 8.38. The lowest BCUT2D eigenvalue weighted by Gasteiger charge is -2.18. The quantitative estimate of drug-likeness (QED) is 0.659. The third kappa shape index (κ3) is 2.88. The van der Waals surface area contributed by atoms with Gasteiger partial charge in [0.2, 0.25) is 0 Å². The Labute approximate surface area is 79.2 Å². The minimum atomic E-state index is -0.197. The number of nitrogens with one attached hydrogen (secondary N) is 1. The number of rotatable bonds is 1. The highest BCUT2D eigenvalue weighted by Crippen LogP contribution is 2.11. The van der Waals surface area contributed by atoms with Gasteiger partial charge in [0.15, 0.2) is 0 Å². The summed E-state index contributed by atoms with van der Waals surface area (Å²) in [4.78, 5) is 13.0. The molecule has 1 fully saturated rings. The van der Waals surface area contributed by atoms with E-state index in [0.717, 1.165) is 32.4 Å². The van der Waals surface area contributed by atoms with Gasteiger partial charge in [0.05, 0.1) is 7.11 Å². The fourth-order valence-corrected chi connectivity index (χ4v) is 1.70. The van der Waals surface area contributed by atoms with Crippen LogP contribution < -0.4 is 5.32 Å². The Morgan fingerprint density at radius 1 is 1.46 bits per heavy atom. The molecule has 1 rings (SSSR count). The normalized spacial score (nSPS) is 23.8. The second kappa shape index (κ2) is 5.07. The molecule has 13 heavy (non-hydrogen) atoms. The summed E-state index contributed by atoms with van der Waals surface area (Å²) in [5, 5.41) is 3.24. The first-order valence-electron chi connectivity index (χ1n) is 4.78. The predicted octanol–water partition coefficient (Wildman–Crippen LogP) is 0.827. The molecule has 1 aliphatic heterocycles. The van der Waals surface area contributed by atoms with Gasteiger partial charge in [0.25, 0.3) is 0 Å². The average molecular weight is 186 g/mol. The van der Waals surface area contributed by atoms with Crippen LogP contribution in [0.15, 0.2) is 0 Å². The highest BCUT2D eigenvalue weighted by molar-refractivity contribution is 5.67. The van der Waals surface area contributed by atoms with Gasteiger partial charge in [-0.2, -0.15) is 0 Å². The maximum Gasteiger partial charge on any atom is 0.409 e. The highest BCUT2D eigenvalue weighted by Gasteiger charge is 2.19. The molecule has 1 N–H and O–H groups in total. The fraction of sp³-hybridized carbons (Fsp3) is 0.889. The summed E-state index contributed by atoms with van der Waals surface area (Å²) in [5.74, 6) is 0. The summed E-state index contributed by atoms with van der Waals surface area (Å²) in [7, 11) is 3.40. The van der Waals surface area contributed by atoms with Crippen LogP contribution in [-0.2, 0) is 4.74 Å². The van der Waals surface area contributed by atoms with E-state index in [1.54, 1.807) is 4.90 Å². The minimum Gasteiger partial charge on any atom is -0.453 e. The Hall–Kier alpha value is -0.770. The molecule has 0 aromatic heterocycles. The summed E-state index contributed by atoms with van der Waals surface area (Å²) in [6, 6.07) is 0.551. The number of carbonyl (C=O) groups is 1. The summed E-state index contributed by atoms with van der Waals surface area (Å²) in [6.45, 7) is 1.63. The molecule has 0 spiro atoms. The number of hydrogen-bond acceptors (Lipinski definition) is 3. The van der Waals surface area contributed by atoms with E-state index in [2.05, 4.69) is 10.1 Å². The number of ether oxygens (including phenoxy) is 1. The largest absolute Gasteiger partial charge is 0.453 e. The van der Waals surface area contributed by atoms with E-state index in [0.29, 0.717) is 6.04 Å². The van der Waals surface area contributed by atoms with Crippen molar-refractivity contribution in [2.24, 2.45) is 0 Å². The molecule has 1 atom stereocenters. The van der Waals surface area contributed by atoms with Crippen LogP contribution in [0.1, 0.15) is 19.3 Å². The standard InChI is InChI=1S/C9H18N2O2/c1-10-8-4-3-6-11(7-5-8)9(12)13-2/h8,10H,3-7H2,1-2H3. The van der Waals surface area contributed by atoms with Crippen LogP contribution in [0.25, 0.3) is 0 Å². The molecular weight excluding hydrogens is 168 g/mol. The lowest BCUT2D eigenvalue weighted by atomic mass is 10.1. The van der Waals surface area contributed by atoms with Crippen molar-refractivity contribution in [2.45, 2.75) is 25.3 Å². The van der Waals surface area contributed by atoms with Gasteiger partial charge < -0.3 is 15.0 Å². The molecular formula is C9H18N2O2. The number of amides is 1. The van der Waals surface area contributed by atoms with Crippen molar-refractivity contribution in [1.29, 1.82) is 0 Å². The zero-order valence-electron chi connectivity index (χ0n) is 8.38. The second-order valence-corrected chi connectivity index (χ2v) is 3.37. The first-order chi connectivity index (χ1) is 6.27. The van der Waals surface area contributed by atoms with Crippen molar-refractivity contribution in [1.82, 2.24) is 10.2 Å². The highest BCUT2D eigenvalue weighted by atomic mass is 16.5. The lowest BCUT2D eigenvalue weighted by molar-refractivity contribution is 0.125. The second-order valence-electron chi connectivity index (χ2n) is 3.37. The van der Waals surface area contributed by atoms with Crippen molar-refractivity contribution >= 4 is 6.09 Å². The van der Waals surface area contributed by atoms with E-state index < -0.39 is 0 Å². The number of methoxy groups -OCH3 is 1. The van der Waals surface area contributed by atoms with Crippen LogP contribution in [0.4, 0.5) is 4.79 Å². The number of likely N-dealkylation sites (tertiary alicyclic amines) is 1. The van der Waals surface area contributed by atoms with E-state index in [-0.39, 0.29) is 6.09 Å². The molecule has 0 aliphatic carbocycles. The molecule has 0 aromatic carbocycles. The van der Waals surface area contributed by atoms with Gasteiger partial charge in [-0.15, -0.1) is 0 Å². The summed E-state index contributed by atoms with van der Waals surface area (Å²) < 4.78 is 4.68.